The highest BCUT2D eigenvalue weighted by Crippen LogP contribution is 2.14. The third kappa shape index (κ3) is 4.40. The molecular weight excluding hydrogens is 292 g/mol. The molecule has 0 bridgehead atoms. The predicted octanol–water partition coefficient (Wildman–Crippen LogP) is 0.681. The minimum atomic E-state index is -3.74. The zero-order valence-electron chi connectivity index (χ0n) is 10.3. The van der Waals surface area contributed by atoms with Gasteiger partial charge in [-0.15, -0.1) is 0 Å². The summed E-state index contributed by atoms with van der Waals surface area (Å²) in [6.07, 6.45) is 2.37. The number of aromatic nitrogens is 2. The second kappa shape index (κ2) is 7.35. The Morgan fingerprint density at radius 1 is 1.42 bits per heavy atom. The van der Waals surface area contributed by atoms with Gasteiger partial charge < -0.3 is 4.74 Å². The van der Waals surface area contributed by atoms with Crippen LogP contribution in [0.2, 0.25) is 5.28 Å². The maximum Gasteiger partial charge on any atom is 0.246 e. The molecule has 0 aliphatic rings. The van der Waals surface area contributed by atoms with Crippen LogP contribution in [0.15, 0.2) is 17.3 Å². The van der Waals surface area contributed by atoms with Crippen LogP contribution in [0.3, 0.4) is 0 Å². The minimum Gasteiger partial charge on any atom is -0.383 e. The fraction of sp³-hybridized carbons (Fsp3) is 0.500. The monoisotopic (exact) mass is 304 g/mol. The molecule has 0 spiro atoms. The van der Waals surface area contributed by atoms with Gasteiger partial charge in [0.1, 0.15) is 4.90 Å². The number of nitriles is 1. The average molecular weight is 305 g/mol. The molecule has 0 aromatic carbocycles. The molecule has 0 N–H and O–H groups in total. The van der Waals surface area contributed by atoms with Crippen LogP contribution in [0.5, 0.6) is 0 Å². The normalized spacial score (nSPS) is 11.5. The lowest BCUT2D eigenvalue weighted by molar-refractivity contribution is 0.179. The SMILES string of the molecule is COCCN(CCC#N)S(=O)(=O)c1cnc(Cl)nc1. The first-order valence-corrected chi connectivity index (χ1v) is 7.17. The third-order valence-electron chi connectivity index (χ3n) is 2.25. The lowest BCUT2D eigenvalue weighted by Gasteiger charge is -2.20. The zero-order valence-corrected chi connectivity index (χ0v) is 11.9. The van der Waals surface area contributed by atoms with Crippen LogP contribution in [-0.4, -0.2) is 49.5 Å². The number of hydrogen-bond donors (Lipinski definition) is 0. The van der Waals surface area contributed by atoms with Gasteiger partial charge in [-0.1, -0.05) is 0 Å². The number of hydrogen-bond acceptors (Lipinski definition) is 6. The van der Waals surface area contributed by atoms with Crippen molar-refractivity contribution in [2.75, 3.05) is 26.8 Å². The van der Waals surface area contributed by atoms with Crippen molar-refractivity contribution in [1.82, 2.24) is 14.3 Å². The van der Waals surface area contributed by atoms with Crippen molar-refractivity contribution < 1.29 is 13.2 Å². The molecule has 1 heterocycles. The third-order valence-corrected chi connectivity index (χ3v) is 4.30. The highest BCUT2D eigenvalue weighted by molar-refractivity contribution is 7.89. The van der Waals surface area contributed by atoms with Crippen LogP contribution in [0.1, 0.15) is 6.42 Å². The van der Waals surface area contributed by atoms with Crippen molar-refractivity contribution in [2.45, 2.75) is 11.3 Å². The van der Waals surface area contributed by atoms with E-state index < -0.39 is 10.0 Å². The molecule has 0 unspecified atom stereocenters. The summed E-state index contributed by atoms with van der Waals surface area (Å²) in [5.74, 6) is 0. The summed E-state index contributed by atoms with van der Waals surface area (Å²) < 4.78 is 30.6. The van der Waals surface area contributed by atoms with Gasteiger partial charge in [0.25, 0.3) is 0 Å². The van der Waals surface area contributed by atoms with Crippen LogP contribution >= 0.6 is 11.6 Å². The maximum atomic E-state index is 12.3. The standard InChI is InChI=1S/C10H13ClN4O3S/c1-18-6-5-15(4-2-3-12)19(16,17)9-7-13-10(11)14-8-9/h7-8H,2,4-6H2,1H3. The molecule has 0 aliphatic carbocycles. The summed E-state index contributed by atoms with van der Waals surface area (Å²) in [4.78, 5) is 7.22. The Morgan fingerprint density at radius 3 is 2.58 bits per heavy atom. The molecule has 1 aromatic rings. The summed E-state index contributed by atoms with van der Waals surface area (Å²) in [5, 5.41) is 8.54. The number of halogens is 1. The Kier molecular flexibility index (Phi) is 6.11. The Balaban J connectivity index is 2.97. The van der Waals surface area contributed by atoms with Crippen molar-refractivity contribution in [2.24, 2.45) is 0 Å². The number of methoxy groups -OCH3 is 1. The van der Waals surface area contributed by atoms with Gasteiger partial charge in [-0.3, -0.25) is 0 Å². The Bertz CT molecular complexity index is 541. The van der Waals surface area contributed by atoms with Crippen molar-refractivity contribution >= 4 is 21.6 Å². The highest BCUT2D eigenvalue weighted by atomic mass is 35.5. The molecule has 7 nitrogen and oxygen atoms in total. The second-order valence-corrected chi connectivity index (χ2v) is 5.77. The van der Waals surface area contributed by atoms with Gasteiger partial charge in [0.2, 0.25) is 15.3 Å². The Morgan fingerprint density at radius 2 is 2.05 bits per heavy atom. The van der Waals surface area contributed by atoms with E-state index in [0.29, 0.717) is 0 Å². The van der Waals surface area contributed by atoms with Crippen LogP contribution in [0.25, 0.3) is 0 Å². The Labute approximate surface area is 116 Å². The van der Waals surface area contributed by atoms with Crippen molar-refractivity contribution in [1.29, 1.82) is 5.26 Å². The molecule has 0 fully saturated rings. The van der Waals surface area contributed by atoms with E-state index >= 15 is 0 Å². The van der Waals surface area contributed by atoms with Gasteiger partial charge in [-0.2, -0.15) is 9.57 Å². The summed E-state index contributed by atoms with van der Waals surface area (Å²) in [5.41, 5.74) is 0. The topological polar surface area (TPSA) is 96.2 Å². The largest absolute Gasteiger partial charge is 0.383 e. The fourth-order valence-electron chi connectivity index (χ4n) is 1.30. The average Bonchev–Trinajstić information content (AvgIpc) is 2.39. The lowest BCUT2D eigenvalue weighted by atomic mass is 10.4. The van der Waals surface area contributed by atoms with E-state index in [1.165, 1.54) is 7.11 Å². The summed E-state index contributed by atoms with van der Waals surface area (Å²) in [6, 6.07) is 1.91. The van der Waals surface area contributed by atoms with Crippen molar-refractivity contribution in [3.63, 3.8) is 0 Å². The second-order valence-electron chi connectivity index (χ2n) is 3.49. The summed E-state index contributed by atoms with van der Waals surface area (Å²) >= 11 is 5.51. The number of ether oxygens (including phenoxy) is 1. The van der Waals surface area contributed by atoms with Crippen molar-refractivity contribution in [3.8, 4) is 6.07 Å². The molecule has 9 heteroatoms. The van der Waals surface area contributed by atoms with Crippen LogP contribution in [0.4, 0.5) is 0 Å². The lowest BCUT2D eigenvalue weighted by Crippen LogP contribution is -2.34. The molecule has 1 rings (SSSR count). The molecule has 0 saturated carbocycles. The van der Waals surface area contributed by atoms with E-state index in [-0.39, 0.29) is 36.3 Å². The number of sulfonamides is 1. The fourth-order valence-corrected chi connectivity index (χ4v) is 2.72. The molecule has 19 heavy (non-hydrogen) atoms. The summed E-state index contributed by atoms with van der Waals surface area (Å²) in [7, 11) is -2.27. The Hall–Kier alpha value is -1.27. The minimum absolute atomic E-state index is 0.0283. The molecular formula is C10H13ClN4O3S. The maximum absolute atomic E-state index is 12.3. The predicted molar refractivity (Wildman–Crippen MR) is 67.9 cm³/mol. The molecule has 0 amide bonds. The van der Waals surface area contributed by atoms with E-state index in [1.807, 2.05) is 6.07 Å². The van der Waals surface area contributed by atoms with Gasteiger partial charge in [0.05, 0.1) is 25.1 Å². The number of rotatable bonds is 7. The zero-order chi connectivity index (χ0) is 14.3. The van der Waals surface area contributed by atoms with E-state index in [1.54, 1.807) is 0 Å². The first-order valence-electron chi connectivity index (χ1n) is 5.36. The first-order chi connectivity index (χ1) is 9.02. The van der Waals surface area contributed by atoms with Crippen LogP contribution < -0.4 is 0 Å². The highest BCUT2D eigenvalue weighted by Gasteiger charge is 2.24. The smallest absolute Gasteiger partial charge is 0.246 e. The van der Waals surface area contributed by atoms with E-state index in [9.17, 15) is 8.42 Å². The molecule has 0 aliphatic heterocycles. The van der Waals surface area contributed by atoms with E-state index in [0.717, 1.165) is 16.7 Å². The van der Waals surface area contributed by atoms with Crippen LogP contribution in [0, 0.1) is 11.3 Å². The van der Waals surface area contributed by atoms with Gasteiger partial charge in [-0.05, 0) is 11.6 Å². The van der Waals surface area contributed by atoms with E-state index in [2.05, 4.69) is 9.97 Å². The van der Waals surface area contributed by atoms with Gasteiger partial charge in [0.15, 0.2) is 0 Å². The molecule has 104 valence electrons. The molecule has 0 atom stereocenters. The van der Waals surface area contributed by atoms with Crippen molar-refractivity contribution in [3.05, 3.63) is 17.7 Å². The van der Waals surface area contributed by atoms with Crippen LogP contribution in [-0.2, 0) is 14.8 Å². The van der Waals surface area contributed by atoms with E-state index in [4.69, 9.17) is 21.6 Å². The number of nitrogens with zero attached hydrogens (tertiary/aromatic N) is 4. The summed E-state index contributed by atoms with van der Waals surface area (Å²) in [6.45, 7) is 0.479. The van der Waals surface area contributed by atoms with Gasteiger partial charge in [-0.25, -0.2) is 18.4 Å². The first kappa shape index (κ1) is 15.8. The van der Waals surface area contributed by atoms with Gasteiger partial charge in [0, 0.05) is 26.6 Å². The molecule has 0 saturated heterocycles. The molecule has 0 radical (unpaired) electrons. The quantitative estimate of drug-likeness (QED) is 0.687. The molecule has 1 aromatic heterocycles. The van der Waals surface area contributed by atoms with Gasteiger partial charge >= 0.3 is 0 Å².